The Morgan fingerprint density at radius 1 is 0.903 bits per heavy atom. The van der Waals surface area contributed by atoms with E-state index in [0.717, 1.165) is 28.1 Å². The van der Waals surface area contributed by atoms with Gasteiger partial charge in [0, 0.05) is 5.02 Å². The molecule has 2 aromatic carbocycles. The maximum Gasteiger partial charge on any atom is 0.321 e. The van der Waals surface area contributed by atoms with Crippen LogP contribution in [-0.2, 0) is 22.4 Å². The predicted octanol–water partition coefficient (Wildman–Crippen LogP) is 5.08. The molecule has 3 N–H and O–H groups in total. The topological polar surface area (TPSA) is 86.6 Å². The number of hydrogen-bond acceptors (Lipinski definition) is 3. The van der Waals surface area contributed by atoms with Gasteiger partial charge in [-0.15, -0.1) is 0 Å². The van der Waals surface area contributed by atoms with Crippen LogP contribution in [0.1, 0.15) is 55.4 Å². The van der Waals surface area contributed by atoms with Crippen LogP contribution in [0.3, 0.4) is 0 Å². The second-order valence-corrected chi connectivity index (χ2v) is 9.20. The van der Waals surface area contributed by atoms with Crippen LogP contribution in [0.15, 0.2) is 42.5 Å². The molecular formula is C25H32ClNO4. The van der Waals surface area contributed by atoms with Crippen molar-refractivity contribution in [3.8, 4) is 0 Å². The van der Waals surface area contributed by atoms with Gasteiger partial charge < -0.3 is 10.2 Å². The summed E-state index contributed by atoms with van der Waals surface area (Å²) in [5.41, 5.74) is 4.32. The van der Waals surface area contributed by atoms with Crippen molar-refractivity contribution in [2.45, 2.75) is 65.0 Å². The maximum atomic E-state index is 11.7. The van der Waals surface area contributed by atoms with E-state index < -0.39 is 24.0 Å². The molecule has 0 heterocycles. The van der Waals surface area contributed by atoms with Gasteiger partial charge in [-0.2, -0.15) is 0 Å². The predicted molar refractivity (Wildman–Crippen MR) is 124 cm³/mol. The summed E-state index contributed by atoms with van der Waals surface area (Å²) >= 11 is 6.17. The van der Waals surface area contributed by atoms with Crippen LogP contribution in [0.25, 0.3) is 0 Å². The van der Waals surface area contributed by atoms with Gasteiger partial charge in [0.15, 0.2) is 0 Å². The summed E-state index contributed by atoms with van der Waals surface area (Å²) in [6.07, 6.45) is 1.45. The Kier molecular flexibility index (Phi) is 9.08. The molecule has 0 aromatic heterocycles. The van der Waals surface area contributed by atoms with Gasteiger partial charge in [0.05, 0.1) is 0 Å². The molecule has 2 aromatic rings. The van der Waals surface area contributed by atoms with E-state index in [1.807, 2.05) is 57.2 Å². The monoisotopic (exact) mass is 445 g/mol. The molecule has 2 rings (SSSR count). The first-order valence-corrected chi connectivity index (χ1v) is 11.0. The van der Waals surface area contributed by atoms with Gasteiger partial charge in [-0.25, -0.2) is 0 Å². The highest BCUT2D eigenvalue weighted by atomic mass is 35.5. The number of rotatable bonds is 11. The molecular weight excluding hydrogens is 414 g/mol. The summed E-state index contributed by atoms with van der Waals surface area (Å²) in [4.78, 5) is 23.2. The molecule has 0 bridgehead atoms. The van der Waals surface area contributed by atoms with E-state index in [4.69, 9.17) is 11.6 Å². The van der Waals surface area contributed by atoms with Crippen molar-refractivity contribution in [2.24, 2.45) is 5.92 Å². The fourth-order valence-corrected chi connectivity index (χ4v) is 4.10. The highest BCUT2D eigenvalue weighted by Crippen LogP contribution is 2.24. The molecule has 6 heteroatoms. The Bertz CT molecular complexity index is 875. The molecule has 0 aliphatic rings. The fourth-order valence-electron chi connectivity index (χ4n) is 3.79. The Morgan fingerprint density at radius 3 is 2.03 bits per heavy atom. The van der Waals surface area contributed by atoms with E-state index in [9.17, 15) is 19.8 Å². The highest BCUT2D eigenvalue weighted by molar-refractivity contribution is 6.30. The molecule has 0 radical (unpaired) electrons. The Hall–Kier alpha value is -2.37. The van der Waals surface area contributed by atoms with Crippen molar-refractivity contribution in [1.29, 1.82) is 0 Å². The van der Waals surface area contributed by atoms with Crippen LogP contribution in [0.2, 0.25) is 5.02 Å². The third-order valence-electron chi connectivity index (χ3n) is 5.34. The van der Waals surface area contributed by atoms with Gasteiger partial charge in [0.25, 0.3) is 0 Å². The molecule has 0 spiro atoms. The quantitative estimate of drug-likeness (QED) is 0.449. The maximum absolute atomic E-state index is 11.7. The van der Waals surface area contributed by atoms with Crippen molar-refractivity contribution in [2.75, 3.05) is 0 Å². The first-order chi connectivity index (χ1) is 14.5. The van der Waals surface area contributed by atoms with E-state index in [2.05, 4.69) is 18.3 Å². The number of carbonyl (C=O) groups is 2. The molecule has 5 nitrogen and oxygen atoms in total. The second kappa shape index (κ2) is 11.3. The molecule has 0 aliphatic carbocycles. The van der Waals surface area contributed by atoms with Crippen molar-refractivity contribution >= 4 is 23.5 Å². The van der Waals surface area contributed by atoms with Crippen LogP contribution >= 0.6 is 11.6 Å². The standard InChI is InChI=1S/C25H32ClNO4/c1-15(2)9-22(24(28)29)27-23(25(30)31)14-18-5-7-20(8-6-18)17(4)12-19-10-16(3)11-21(26)13-19/h5-8,10-11,13,15,17,22-23,27H,9,12,14H2,1-4H3,(H,28,29)(H,30,31). The van der Waals surface area contributed by atoms with Crippen LogP contribution in [0.4, 0.5) is 0 Å². The van der Waals surface area contributed by atoms with Crippen molar-refractivity contribution in [3.05, 3.63) is 69.7 Å². The second-order valence-electron chi connectivity index (χ2n) is 8.77. The van der Waals surface area contributed by atoms with Crippen LogP contribution in [0, 0.1) is 12.8 Å². The van der Waals surface area contributed by atoms with Crippen molar-refractivity contribution in [3.63, 3.8) is 0 Å². The minimum Gasteiger partial charge on any atom is -0.480 e. The van der Waals surface area contributed by atoms with Crippen LogP contribution < -0.4 is 5.32 Å². The van der Waals surface area contributed by atoms with Gasteiger partial charge in [0.1, 0.15) is 12.1 Å². The highest BCUT2D eigenvalue weighted by Gasteiger charge is 2.26. The van der Waals surface area contributed by atoms with Crippen LogP contribution in [0.5, 0.6) is 0 Å². The van der Waals surface area contributed by atoms with E-state index in [0.29, 0.717) is 6.42 Å². The van der Waals surface area contributed by atoms with E-state index in [1.54, 1.807) is 0 Å². The van der Waals surface area contributed by atoms with Crippen molar-refractivity contribution in [1.82, 2.24) is 5.32 Å². The molecule has 0 fully saturated rings. The van der Waals surface area contributed by atoms with Gasteiger partial charge in [0.2, 0.25) is 0 Å². The molecule has 3 atom stereocenters. The number of halogens is 1. The first kappa shape index (κ1) is 24.9. The van der Waals surface area contributed by atoms with E-state index >= 15 is 0 Å². The van der Waals surface area contributed by atoms with E-state index in [-0.39, 0.29) is 18.3 Å². The minimum absolute atomic E-state index is 0.145. The number of nitrogens with one attached hydrogen (secondary N) is 1. The van der Waals surface area contributed by atoms with Gasteiger partial charge >= 0.3 is 11.9 Å². The molecule has 0 saturated carbocycles. The summed E-state index contributed by atoms with van der Waals surface area (Å²) in [7, 11) is 0. The van der Waals surface area contributed by atoms with Crippen molar-refractivity contribution < 1.29 is 19.8 Å². The van der Waals surface area contributed by atoms with Gasteiger partial charge in [-0.1, -0.05) is 62.7 Å². The first-order valence-electron chi connectivity index (χ1n) is 10.6. The number of aryl methyl sites for hydroxylation is 1. The summed E-state index contributed by atoms with van der Waals surface area (Å²) in [6, 6.07) is 12.1. The lowest BCUT2D eigenvalue weighted by molar-refractivity contribution is -0.142. The Labute approximate surface area is 189 Å². The largest absolute Gasteiger partial charge is 0.480 e. The Balaban J connectivity index is 2.06. The average molecular weight is 446 g/mol. The molecule has 0 saturated heterocycles. The molecule has 0 amide bonds. The van der Waals surface area contributed by atoms with E-state index in [1.165, 1.54) is 5.56 Å². The number of carboxylic acids is 2. The smallest absolute Gasteiger partial charge is 0.321 e. The molecule has 0 aliphatic heterocycles. The number of benzene rings is 2. The summed E-state index contributed by atoms with van der Waals surface area (Å²) in [5.74, 6) is -1.65. The summed E-state index contributed by atoms with van der Waals surface area (Å²) in [6.45, 7) is 8.00. The number of hydrogen-bond donors (Lipinski definition) is 3. The van der Waals surface area contributed by atoms with Crippen LogP contribution in [-0.4, -0.2) is 34.2 Å². The van der Waals surface area contributed by atoms with Gasteiger partial charge in [-0.05, 0) is 72.4 Å². The fraction of sp³-hybridized carbons (Fsp3) is 0.440. The molecule has 168 valence electrons. The SMILES string of the molecule is Cc1cc(Cl)cc(CC(C)c2ccc(CC(NC(CC(C)C)C(=O)O)C(=O)O)cc2)c1. The minimum atomic E-state index is -1.05. The number of aliphatic carboxylic acids is 2. The average Bonchev–Trinajstić information content (AvgIpc) is 2.65. The lowest BCUT2D eigenvalue weighted by Crippen LogP contribution is -2.48. The third kappa shape index (κ3) is 8.00. The lowest BCUT2D eigenvalue weighted by Gasteiger charge is -2.22. The summed E-state index contributed by atoms with van der Waals surface area (Å²) < 4.78 is 0. The number of carboxylic acid groups (broad SMARTS) is 2. The zero-order valence-corrected chi connectivity index (χ0v) is 19.3. The van der Waals surface area contributed by atoms with Gasteiger partial charge in [-0.3, -0.25) is 14.9 Å². The normalized spacial score (nSPS) is 14.3. The zero-order valence-electron chi connectivity index (χ0n) is 18.6. The third-order valence-corrected chi connectivity index (χ3v) is 5.56. The molecule has 3 unspecified atom stereocenters. The lowest BCUT2D eigenvalue weighted by atomic mass is 9.92. The summed E-state index contributed by atoms with van der Waals surface area (Å²) in [5, 5.41) is 22.5. The zero-order chi connectivity index (χ0) is 23.1. The Morgan fingerprint density at radius 2 is 1.52 bits per heavy atom. The molecule has 31 heavy (non-hydrogen) atoms.